The van der Waals surface area contributed by atoms with E-state index < -0.39 is 5.60 Å². The summed E-state index contributed by atoms with van der Waals surface area (Å²) in [5, 5.41) is 10.4. The van der Waals surface area contributed by atoms with Gasteiger partial charge in [0.15, 0.2) is 0 Å². The van der Waals surface area contributed by atoms with Gasteiger partial charge >= 0.3 is 0 Å². The number of hydrogen-bond acceptors (Lipinski definition) is 2. The summed E-state index contributed by atoms with van der Waals surface area (Å²) in [6.07, 6.45) is 4.87. The van der Waals surface area contributed by atoms with Crippen LogP contribution in [0.15, 0.2) is 0 Å². The fourth-order valence-electron chi connectivity index (χ4n) is 2.44. The Hall–Kier alpha value is -0.570. The minimum absolute atomic E-state index is 0.0176. The van der Waals surface area contributed by atoms with Crippen molar-refractivity contribution >= 4 is 5.91 Å². The molecule has 0 aromatic carbocycles. The quantitative estimate of drug-likeness (QED) is 0.685. The van der Waals surface area contributed by atoms with E-state index in [9.17, 15) is 9.90 Å². The van der Waals surface area contributed by atoms with E-state index in [4.69, 9.17) is 0 Å². The smallest absolute Gasteiger partial charge is 0.254 e. The van der Waals surface area contributed by atoms with Crippen LogP contribution in [0.1, 0.15) is 39.0 Å². The van der Waals surface area contributed by atoms with Crippen LogP contribution in [0.4, 0.5) is 0 Å². The highest BCUT2D eigenvalue weighted by Gasteiger charge is 2.46. The van der Waals surface area contributed by atoms with Gasteiger partial charge in [-0.3, -0.25) is 4.79 Å². The Morgan fingerprint density at radius 2 is 2.07 bits per heavy atom. The monoisotopic (exact) mass is 197 g/mol. The van der Waals surface area contributed by atoms with Crippen molar-refractivity contribution in [2.75, 3.05) is 13.1 Å². The summed E-state index contributed by atoms with van der Waals surface area (Å²) in [5.41, 5.74) is -1.04. The summed E-state index contributed by atoms with van der Waals surface area (Å²) in [4.78, 5) is 13.8. The van der Waals surface area contributed by atoms with E-state index in [-0.39, 0.29) is 11.8 Å². The van der Waals surface area contributed by atoms with Gasteiger partial charge in [-0.1, -0.05) is 19.8 Å². The second-order valence-corrected chi connectivity index (χ2v) is 4.72. The average Bonchev–Trinajstić information content (AvgIpc) is 2.07. The lowest BCUT2D eigenvalue weighted by Crippen LogP contribution is -2.57. The Labute approximate surface area is 85.1 Å². The summed E-state index contributed by atoms with van der Waals surface area (Å²) >= 11 is 0. The molecule has 1 aliphatic heterocycles. The zero-order valence-electron chi connectivity index (χ0n) is 8.83. The van der Waals surface area contributed by atoms with Gasteiger partial charge < -0.3 is 10.0 Å². The van der Waals surface area contributed by atoms with Crippen LogP contribution in [0.2, 0.25) is 0 Å². The molecule has 2 aliphatic rings. The summed E-state index contributed by atoms with van der Waals surface area (Å²) in [7, 11) is 0. The van der Waals surface area contributed by atoms with Crippen LogP contribution < -0.4 is 0 Å². The first-order chi connectivity index (χ1) is 6.64. The molecule has 80 valence electrons. The van der Waals surface area contributed by atoms with E-state index >= 15 is 0 Å². The second-order valence-electron chi connectivity index (χ2n) is 4.72. The first-order valence-electron chi connectivity index (χ1n) is 5.66. The Kier molecular flexibility index (Phi) is 2.52. The van der Waals surface area contributed by atoms with Crippen LogP contribution in [0, 0.1) is 5.92 Å². The number of likely N-dealkylation sites (tertiary alicyclic amines) is 1. The third kappa shape index (κ3) is 1.44. The van der Waals surface area contributed by atoms with Crippen molar-refractivity contribution in [3.8, 4) is 0 Å². The highest BCUT2D eigenvalue weighted by Crippen LogP contribution is 2.35. The van der Waals surface area contributed by atoms with E-state index in [0.29, 0.717) is 6.42 Å². The zero-order valence-corrected chi connectivity index (χ0v) is 8.83. The molecule has 1 N–H and O–H groups in total. The average molecular weight is 197 g/mol. The van der Waals surface area contributed by atoms with E-state index in [1.165, 1.54) is 0 Å². The molecule has 1 saturated heterocycles. The molecule has 2 atom stereocenters. The topological polar surface area (TPSA) is 40.5 Å². The highest BCUT2D eigenvalue weighted by atomic mass is 16.3. The number of aliphatic hydroxyl groups is 1. The number of amides is 1. The molecule has 14 heavy (non-hydrogen) atoms. The lowest BCUT2D eigenvalue weighted by atomic mass is 9.75. The largest absolute Gasteiger partial charge is 0.380 e. The highest BCUT2D eigenvalue weighted by molar-refractivity contribution is 5.86. The van der Waals surface area contributed by atoms with Gasteiger partial charge in [-0.2, -0.15) is 0 Å². The number of carbonyl (C=O) groups excluding carboxylic acids is 1. The van der Waals surface area contributed by atoms with E-state index in [1.807, 2.05) is 6.92 Å². The van der Waals surface area contributed by atoms with Crippen molar-refractivity contribution in [1.29, 1.82) is 0 Å². The Morgan fingerprint density at radius 1 is 1.36 bits per heavy atom. The van der Waals surface area contributed by atoms with Crippen molar-refractivity contribution in [2.45, 2.75) is 44.6 Å². The molecule has 0 radical (unpaired) electrons. The van der Waals surface area contributed by atoms with Crippen LogP contribution in [-0.2, 0) is 4.79 Å². The van der Waals surface area contributed by atoms with Gasteiger partial charge in [-0.25, -0.2) is 0 Å². The lowest BCUT2D eigenvalue weighted by Gasteiger charge is -2.43. The van der Waals surface area contributed by atoms with Crippen LogP contribution in [-0.4, -0.2) is 34.6 Å². The number of hydrogen-bond donors (Lipinski definition) is 1. The predicted octanol–water partition coefficient (Wildman–Crippen LogP) is 1.16. The van der Waals surface area contributed by atoms with Crippen molar-refractivity contribution in [3.05, 3.63) is 0 Å². The Morgan fingerprint density at radius 3 is 2.57 bits per heavy atom. The van der Waals surface area contributed by atoms with Gasteiger partial charge in [0, 0.05) is 13.1 Å². The number of carbonyl (C=O) groups is 1. The minimum atomic E-state index is -1.04. The maximum Gasteiger partial charge on any atom is 0.254 e. The molecular formula is C11H19NO2. The van der Waals surface area contributed by atoms with Gasteiger partial charge in [-0.05, 0) is 25.2 Å². The molecule has 1 heterocycles. The normalized spacial score (nSPS) is 37.9. The van der Waals surface area contributed by atoms with E-state index in [2.05, 4.69) is 0 Å². The second kappa shape index (κ2) is 3.54. The Bertz CT molecular complexity index is 237. The van der Waals surface area contributed by atoms with Crippen LogP contribution in [0.5, 0.6) is 0 Å². The minimum Gasteiger partial charge on any atom is -0.380 e. The van der Waals surface area contributed by atoms with Crippen LogP contribution >= 0.6 is 0 Å². The first kappa shape index (κ1) is 9.97. The molecule has 1 aliphatic carbocycles. The van der Waals surface area contributed by atoms with Gasteiger partial charge in [0.05, 0.1) is 0 Å². The Balaban J connectivity index is 2.07. The predicted molar refractivity (Wildman–Crippen MR) is 53.8 cm³/mol. The van der Waals surface area contributed by atoms with Gasteiger partial charge in [0.2, 0.25) is 0 Å². The number of nitrogens with zero attached hydrogens (tertiary/aromatic N) is 1. The molecular weight excluding hydrogens is 178 g/mol. The zero-order chi connectivity index (χ0) is 10.2. The fraction of sp³-hybridized carbons (Fsp3) is 0.909. The molecule has 0 spiro atoms. The third-order valence-electron chi connectivity index (χ3n) is 3.77. The number of rotatable bonds is 1. The molecule has 3 nitrogen and oxygen atoms in total. The van der Waals surface area contributed by atoms with Crippen LogP contribution in [0.25, 0.3) is 0 Å². The third-order valence-corrected chi connectivity index (χ3v) is 3.77. The standard InChI is InChI=1S/C11H19NO2/c1-9-5-2-3-6-11(9,14)10(13)12-7-4-8-12/h9,14H,2-8H2,1H3. The molecule has 1 saturated carbocycles. The van der Waals surface area contributed by atoms with E-state index in [1.54, 1.807) is 4.90 Å². The molecule has 3 heteroatoms. The summed E-state index contributed by atoms with van der Waals surface area (Å²) < 4.78 is 0. The van der Waals surface area contributed by atoms with Gasteiger partial charge in [-0.15, -0.1) is 0 Å². The molecule has 2 fully saturated rings. The summed E-state index contributed by atoms with van der Waals surface area (Å²) in [6, 6.07) is 0. The van der Waals surface area contributed by atoms with Crippen molar-refractivity contribution in [1.82, 2.24) is 4.90 Å². The molecule has 0 aromatic heterocycles. The van der Waals surface area contributed by atoms with Crippen molar-refractivity contribution in [3.63, 3.8) is 0 Å². The summed E-state index contributed by atoms with van der Waals surface area (Å²) in [6.45, 7) is 3.68. The van der Waals surface area contributed by atoms with Crippen molar-refractivity contribution in [2.24, 2.45) is 5.92 Å². The van der Waals surface area contributed by atoms with Crippen molar-refractivity contribution < 1.29 is 9.90 Å². The molecule has 0 bridgehead atoms. The maximum absolute atomic E-state index is 12.0. The summed E-state index contributed by atoms with van der Waals surface area (Å²) in [5.74, 6) is 0.111. The maximum atomic E-state index is 12.0. The molecule has 2 rings (SSSR count). The first-order valence-corrected chi connectivity index (χ1v) is 5.66. The van der Waals surface area contributed by atoms with Crippen LogP contribution in [0.3, 0.4) is 0 Å². The SMILES string of the molecule is CC1CCCCC1(O)C(=O)N1CCC1. The van der Waals surface area contributed by atoms with Gasteiger partial charge in [0.25, 0.3) is 5.91 Å². The van der Waals surface area contributed by atoms with E-state index in [0.717, 1.165) is 38.8 Å². The van der Waals surface area contributed by atoms with Gasteiger partial charge in [0.1, 0.15) is 5.60 Å². The molecule has 2 unspecified atom stereocenters. The fourth-order valence-corrected chi connectivity index (χ4v) is 2.44. The molecule has 0 aromatic rings. The molecule has 1 amide bonds. The lowest BCUT2D eigenvalue weighted by molar-refractivity contribution is -0.164.